The van der Waals surface area contributed by atoms with E-state index in [-0.39, 0.29) is 0 Å². The highest BCUT2D eigenvalue weighted by Gasteiger charge is 2.16. The summed E-state index contributed by atoms with van der Waals surface area (Å²) in [6, 6.07) is 0. The quantitative estimate of drug-likeness (QED) is 0.396. The number of hydrogen-bond acceptors (Lipinski definition) is 0. The smallest absolute Gasteiger partial charge is 0.0203 e. The summed E-state index contributed by atoms with van der Waals surface area (Å²) in [6.07, 6.45) is 7.23. The van der Waals surface area contributed by atoms with Gasteiger partial charge in [0.15, 0.2) is 0 Å². The summed E-state index contributed by atoms with van der Waals surface area (Å²) in [5, 5.41) is 0. The second-order valence-corrected chi connectivity index (χ2v) is 3.24. The first-order valence-corrected chi connectivity index (χ1v) is 4.41. The molecule has 0 atom stereocenters. The first-order chi connectivity index (χ1) is 5.36. The molecule has 0 N–H and O–H groups in total. The van der Waals surface area contributed by atoms with Crippen molar-refractivity contribution in [1.82, 2.24) is 0 Å². The molecular weight excluding hydrogens is 132 g/mol. The van der Waals surface area contributed by atoms with Gasteiger partial charge in [-0.05, 0) is 38.5 Å². The van der Waals surface area contributed by atoms with E-state index in [1.54, 1.807) is 0 Å². The Balaban J connectivity index is 2.33. The van der Waals surface area contributed by atoms with E-state index in [1.165, 1.54) is 25.7 Å². The molecule has 0 heteroatoms. The van der Waals surface area contributed by atoms with Gasteiger partial charge in [0, 0.05) is 5.92 Å². The van der Waals surface area contributed by atoms with Crippen LogP contribution in [-0.2, 0) is 0 Å². The van der Waals surface area contributed by atoms with Gasteiger partial charge in [0.25, 0.3) is 0 Å². The van der Waals surface area contributed by atoms with Crippen molar-refractivity contribution in [3.05, 3.63) is 12.7 Å². The predicted octanol–water partition coefficient (Wildman–Crippen LogP) is 3.00. The van der Waals surface area contributed by atoms with Gasteiger partial charge in [0.1, 0.15) is 0 Å². The van der Waals surface area contributed by atoms with Crippen LogP contribution in [-0.4, -0.2) is 0 Å². The maximum atomic E-state index is 3.82. The lowest BCUT2D eigenvalue weighted by molar-refractivity contribution is 0.365. The Labute approximate surface area is 69.7 Å². The lowest BCUT2D eigenvalue weighted by Crippen LogP contribution is -2.11. The summed E-state index contributed by atoms with van der Waals surface area (Å²) < 4.78 is 0. The summed E-state index contributed by atoms with van der Waals surface area (Å²) in [4.78, 5) is 0. The molecule has 0 saturated heterocycles. The van der Waals surface area contributed by atoms with E-state index < -0.39 is 0 Å². The molecule has 11 heavy (non-hydrogen) atoms. The Kier molecular flexibility index (Phi) is 3.23. The third-order valence-electron chi connectivity index (χ3n) is 2.45. The molecule has 0 spiro atoms. The van der Waals surface area contributed by atoms with E-state index >= 15 is 0 Å². The molecule has 0 bridgehead atoms. The van der Waals surface area contributed by atoms with Crippen molar-refractivity contribution in [1.29, 1.82) is 0 Å². The third-order valence-corrected chi connectivity index (χ3v) is 2.45. The van der Waals surface area contributed by atoms with Gasteiger partial charge in [0.2, 0.25) is 0 Å². The minimum absolute atomic E-state index is 0.677. The van der Waals surface area contributed by atoms with Gasteiger partial charge in [-0.15, -0.1) is 18.4 Å². The minimum Gasteiger partial charge on any atom is -0.106 e. The molecule has 1 fully saturated rings. The fourth-order valence-electron chi connectivity index (χ4n) is 1.70. The summed E-state index contributed by atoms with van der Waals surface area (Å²) in [6.45, 7) is 5.75. The zero-order valence-electron chi connectivity index (χ0n) is 7.27. The fraction of sp³-hybridized carbons (Fsp3) is 0.636. The molecule has 1 aliphatic rings. The topological polar surface area (TPSA) is 0 Å². The van der Waals surface area contributed by atoms with E-state index in [0.717, 1.165) is 5.92 Å². The molecule has 0 nitrogen and oxygen atoms in total. The summed E-state index contributed by atoms with van der Waals surface area (Å²) >= 11 is 0. The van der Waals surface area contributed by atoms with Gasteiger partial charge in [-0.3, -0.25) is 0 Å². The largest absolute Gasteiger partial charge is 0.106 e. The van der Waals surface area contributed by atoms with Crippen LogP contribution in [0.5, 0.6) is 0 Å². The number of rotatable bonds is 1. The van der Waals surface area contributed by atoms with E-state index in [9.17, 15) is 0 Å². The van der Waals surface area contributed by atoms with Crippen molar-refractivity contribution in [3.8, 4) is 11.8 Å². The standard InChI is InChI=1S/C11H16/c1-3-5-11-8-6-10(4-2)7-9-11/h4,10-11H,2,6-9H2,1H3. The van der Waals surface area contributed by atoms with Crippen LogP contribution in [0.1, 0.15) is 32.6 Å². The van der Waals surface area contributed by atoms with Gasteiger partial charge < -0.3 is 0 Å². The molecule has 0 aliphatic heterocycles. The summed E-state index contributed by atoms with van der Waals surface area (Å²) in [5.41, 5.74) is 0. The van der Waals surface area contributed by atoms with Crippen LogP contribution >= 0.6 is 0 Å². The van der Waals surface area contributed by atoms with Crippen LogP contribution in [0.15, 0.2) is 12.7 Å². The van der Waals surface area contributed by atoms with Crippen molar-refractivity contribution in [2.45, 2.75) is 32.6 Å². The van der Waals surface area contributed by atoms with Crippen LogP contribution in [0.25, 0.3) is 0 Å². The second-order valence-electron chi connectivity index (χ2n) is 3.24. The molecule has 1 aliphatic carbocycles. The third kappa shape index (κ3) is 2.42. The average Bonchev–Trinajstić information content (AvgIpc) is 2.07. The van der Waals surface area contributed by atoms with Crippen molar-refractivity contribution in [3.63, 3.8) is 0 Å². The molecule has 0 radical (unpaired) electrons. The first-order valence-electron chi connectivity index (χ1n) is 4.41. The average molecular weight is 148 g/mol. The summed E-state index contributed by atoms with van der Waals surface area (Å²) in [7, 11) is 0. The zero-order valence-corrected chi connectivity index (χ0v) is 7.27. The van der Waals surface area contributed by atoms with Gasteiger partial charge in [-0.1, -0.05) is 6.08 Å². The van der Waals surface area contributed by atoms with Crippen molar-refractivity contribution >= 4 is 0 Å². The zero-order chi connectivity index (χ0) is 8.10. The predicted molar refractivity (Wildman–Crippen MR) is 49.1 cm³/mol. The Morgan fingerprint density at radius 2 is 1.91 bits per heavy atom. The van der Waals surface area contributed by atoms with Gasteiger partial charge >= 0.3 is 0 Å². The van der Waals surface area contributed by atoms with Crippen LogP contribution in [0.2, 0.25) is 0 Å². The van der Waals surface area contributed by atoms with Crippen molar-refractivity contribution in [2.24, 2.45) is 11.8 Å². The molecule has 60 valence electrons. The van der Waals surface area contributed by atoms with Crippen LogP contribution in [0.3, 0.4) is 0 Å². The Morgan fingerprint density at radius 3 is 2.36 bits per heavy atom. The molecule has 0 unspecified atom stereocenters. The number of allylic oxidation sites excluding steroid dienone is 1. The first kappa shape index (κ1) is 8.40. The monoisotopic (exact) mass is 148 g/mol. The van der Waals surface area contributed by atoms with Gasteiger partial charge in [-0.25, -0.2) is 0 Å². The molecule has 1 rings (SSSR count). The van der Waals surface area contributed by atoms with Crippen molar-refractivity contribution < 1.29 is 0 Å². The van der Waals surface area contributed by atoms with Crippen molar-refractivity contribution in [2.75, 3.05) is 0 Å². The fourth-order valence-corrected chi connectivity index (χ4v) is 1.70. The Bertz CT molecular complexity index is 172. The van der Waals surface area contributed by atoms with Gasteiger partial charge in [-0.2, -0.15) is 0 Å². The minimum atomic E-state index is 0.677. The molecule has 0 aromatic rings. The molecular formula is C11H16. The van der Waals surface area contributed by atoms with Crippen LogP contribution in [0, 0.1) is 23.7 Å². The molecule has 0 amide bonds. The molecule has 0 heterocycles. The van der Waals surface area contributed by atoms with E-state index in [2.05, 4.69) is 24.5 Å². The Hall–Kier alpha value is -0.700. The lowest BCUT2D eigenvalue weighted by atomic mass is 9.82. The van der Waals surface area contributed by atoms with Crippen LogP contribution < -0.4 is 0 Å². The highest BCUT2D eigenvalue weighted by molar-refractivity contribution is 5.03. The summed E-state index contributed by atoms with van der Waals surface area (Å²) in [5.74, 6) is 7.68. The van der Waals surface area contributed by atoms with E-state index in [1.807, 2.05) is 6.92 Å². The molecule has 1 saturated carbocycles. The highest BCUT2D eigenvalue weighted by Crippen LogP contribution is 2.28. The molecule has 0 aromatic carbocycles. The maximum Gasteiger partial charge on any atom is 0.0203 e. The lowest BCUT2D eigenvalue weighted by Gasteiger charge is -2.22. The van der Waals surface area contributed by atoms with E-state index in [0.29, 0.717) is 5.92 Å². The maximum absolute atomic E-state index is 3.82. The van der Waals surface area contributed by atoms with Gasteiger partial charge in [0.05, 0.1) is 0 Å². The SMILES string of the molecule is C=CC1CCC(C#CC)CC1. The number of hydrogen-bond donors (Lipinski definition) is 0. The second kappa shape index (κ2) is 4.23. The normalized spacial score (nSPS) is 30.3. The van der Waals surface area contributed by atoms with E-state index in [4.69, 9.17) is 0 Å². The Morgan fingerprint density at radius 1 is 1.27 bits per heavy atom. The van der Waals surface area contributed by atoms with Crippen LogP contribution in [0.4, 0.5) is 0 Å². The molecule has 0 aromatic heterocycles. The highest BCUT2D eigenvalue weighted by atomic mass is 14.2.